The Labute approximate surface area is 206 Å². The highest BCUT2D eigenvalue weighted by Crippen LogP contribution is 2.43. The Balaban J connectivity index is 1.50. The number of fused-ring (bicyclic) bond motifs is 2. The van der Waals surface area contributed by atoms with Gasteiger partial charge in [-0.05, 0) is 55.9 Å². The molecular weight excluding hydrogens is 464 g/mol. The number of anilines is 1. The van der Waals surface area contributed by atoms with Crippen LogP contribution in [0.25, 0.3) is 22.4 Å². The molecule has 4 aromatic rings. The Morgan fingerprint density at radius 2 is 1.91 bits per heavy atom. The maximum Gasteiger partial charge on any atom is 0.339 e. The summed E-state index contributed by atoms with van der Waals surface area (Å²) in [5.41, 5.74) is 5.38. The quantitative estimate of drug-likeness (QED) is 0.260. The molecule has 1 aliphatic rings. The van der Waals surface area contributed by atoms with Crippen LogP contribution in [-0.4, -0.2) is 39.7 Å². The summed E-state index contributed by atoms with van der Waals surface area (Å²) >= 11 is 1.59. The molecule has 3 N–H and O–H groups in total. The average Bonchev–Trinajstić information content (AvgIpc) is 3.51. The van der Waals surface area contributed by atoms with Crippen LogP contribution in [0.15, 0.2) is 24.3 Å². The van der Waals surface area contributed by atoms with Gasteiger partial charge in [0.2, 0.25) is 5.91 Å². The molecule has 1 aromatic carbocycles. The number of hydrogen-bond donors (Lipinski definition) is 3. The highest BCUT2D eigenvalue weighted by Gasteiger charge is 2.27. The zero-order chi connectivity index (χ0) is 24.7. The van der Waals surface area contributed by atoms with Crippen LogP contribution in [-0.2, 0) is 28.8 Å². The van der Waals surface area contributed by atoms with Gasteiger partial charge in [-0.25, -0.2) is 9.78 Å². The highest BCUT2D eigenvalue weighted by molar-refractivity contribution is 7.17. The largest absolute Gasteiger partial charge is 0.465 e. The number of carbonyl (C=O) groups excluding carboxylic acids is 3. The molecule has 1 amide bonds. The Kier molecular flexibility index (Phi) is 6.02. The van der Waals surface area contributed by atoms with E-state index in [1.807, 2.05) is 24.3 Å². The summed E-state index contributed by atoms with van der Waals surface area (Å²) in [6.07, 6.45) is 4.05. The molecule has 1 aliphatic carbocycles. The Hall–Kier alpha value is -3.72. The van der Waals surface area contributed by atoms with E-state index in [2.05, 4.69) is 15.3 Å². The predicted molar refractivity (Wildman–Crippen MR) is 135 cm³/mol. The number of para-hydroxylation sites is 2. The summed E-state index contributed by atoms with van der Waals surface area (Å²) in [5.74, 6) is -0.339. The number of ketones is 1. The van der Waals surface area contributed by atoms with E-state index < -0.39 is 5.97 Å². The second kappa shape index (κ2) is 9.14. The highest BCUT2D eigenvalue weighted by atomic mass is 32.1. The fraction of sp³-hybridized carbons (Fsp3) is 0.308. The number of benzene rings is 1. The first-order valence-electron chi connectivity index (χ1n) is 11.6. The topological polar surface area (TPSA) is 117 Å². The Morgan fingerprint density at radius 3 is 2.66 bits per heavy atom. The van der Waals surface area contributed by atoms with Gasteiger partial charge < -0.3 is 20.0 Å². The van der Waals surface area contributed by atoms with Crippen molar-refractivity contribution in [3.8, 4) is 11.4 Å². The van der Waals surface area contributed by atoms with Gasteiger partial charge in [-0.15, -0.1) is 11.3 Å². The summed E-state index contributed by atoms with van der Waals surface area (Å²) in [6.45, 7) is 3.09. The van der Waals surface area contributed by atoms with E-state index in [9.17, 15) is 14.4 Å². The minimum Gasteiger partial charge on any atom is -0.465 e. The lowest BCUT2D eigenvalue weighted by Gasteiger charge is -2.12. The molecule has 0 bridgehead atoms. The number of aryl methyl sites for hydroxylation is 1. The average molecular weight is 491 g/mol. The molecule has 5 rings (SSSR count). The van der Waals surface area contributed by atoms with Crippen molar-refractivity contribution in [2.75, 3.05) is 12.4 Å². The zero-order valence-electron chi connectivity index (χ0n) is 19.8. The molecule has 9 heteroatoms. The van der Waals surface area contributed by atoms with E-state index in [-0.39, 0.29) is 23.7 Å². The van der Waals surface area contributed by atoms with Crippen molar-refractivity contribution in [2.24, 2.45) is 0 Å². The first-order valence-corrected chi connectivity index (χ1v) is 12.4. The van der Waals surface area contributed by atoms with Gasteiger partial charge in [-0.1, -0.05) is 12.1 Å². The molecule has 3 heterocycles. The second-order valence-electron chi connectivity index (χ2n) is 8.77. The fourth-order valence-corrected chi connectivity index (χ4v) is 6.14. The van der Waals surface area contributed by atoms with Crippen molar-refractivity contribution in [3.63, 3.8) is 0 Å². The minimum absolute atomic E-state index is 0.0965. The van der Waals surface area contributed by atoms with Gasteiger partial charge in [0.05, 0.1) is 41.4 Å². The van der Waals surface area contributed by atoms with Crippen LogP contribution in [0.5, 0.6) is 0 Å². The van der Waals surface area contributed by atoms with Crippen molar-refractivity contribution in [1.82, 2.24) is 15.0 Å². The number of methoxy groups -OCH3 is 1. The van der Waals surface area contributed by atoms with Gasteiger partial charge in [-0.2, -0.15) is 0 Å². The smallest absolute Gasteiger partial charge is 0.339 e. The number of aromatic nitrogens is 3. The molecule has 0 atom stereocenters. The number of nitrogens with zero attached hydrogens (tertiary/aromatic N) is 1. The molecule has 180 valence electrons. The van der Waals surface area contributed by atoms with E-state index in [1.54, 1.807) is 18.3 Å². The minimum atomic E-state index is -0.580. The molecule has 3 aromatic heterocycles. The number of hydrogen-bond acceptors (Lipinski definition) is 6. The number of aromatic amines is 2. The summed E-state index contributed by atoms with van der Waals surface area (Å²) in [4.78, 5) is 50.1. The number of carbonyl (C=O) groups is 3. The summed E-state index contributed by atoms with van der Waals surface area (Å²) in [7, 11) is 1.28. The van der Waals surface area contributed by atoms with E-state index in [0.29, 0.717) is 17.0 Å². The van der Waals surface area contributed by atoms with Crippen LogP contribution in [0, 0.1) is 6.92 Å². The molecule has 0 saturated carbocycles. The zero-order valence-corrected chi connectivity index (χ0v) is 20.6. The molecule has 0 saturated heterocycles. The third-order valence-corrected chi connectivity index (χ3v) is 7.66. The lowest BCUT2D eigenvalue weighted by atomic mass is 9.95. The lowest BCUT2D eigenvalue weighted by Crippen LogP contribution is -2.17. The maximum atomic E-state index is 13.2. The number of nitrogens with one attached hydrogen (secondary N) is 3. The van der Waals surface area contributed by atoms with E-state index in [4.69, 9.17) is 9.72 Å². The van der Waals surface area contributed by atoms with Gasteiger partial charge in [0, 0.05) is 17.5 Å². The van der Waals surface area contributed by atoms with Crippen LogP contribution in [0.1, 0.15) is 62.3 Å². The lowest BCUT2D eigenvalue weighted by molar-refractivity contribution is -0.115. The summed E-state index contributed by atoms with van der Waals surface area (Å²) in [6, 6.07) is 7.85. The van der Waals surface area contributed by atoms with Crippen LogP contribution in [0.3, 0.4) is 0 Å². The molecule has 8 nitrogen and oxygen atoms in total. The monoisotopic (exact) mass is 490 g/mol. The molecule has 0 spiro atoms. The molecule has 0 unspecified atom stereocenters. The number of H-pyrrole nitrogens is 2. The SMILES string of the molecule is COC(=O)c1c(CC(=O)Nc2sc3c(c2-c2nc4ccccc4[nH]2)CCCC3)[nH]c(C(C)=O)c1C. The van der Waals surface area contributed by atoms with Gasteiger partial charge in [0.1, 0.15) is 10.8 Å². The van der Waals surface area contributed by atoms with E-state index >= 15 is 0 Å². The molecule has 0 fully saturated rings. The van der Waals surface area contributed by atoms with Gasteiger partial charge in [-0.3, -0.25) is 9.59 Å². The maximum absolute atomic E-state index is 13.2. The number of Topliss-reactive ketones (excluding diaryl/α,β-unsaturated/α-hetero) is 1. The number of imidazole rings is 1. The number of rotatable bonds is 6. The fourth-order valence-electron chi connectivity index (χ4n) is 4.83. The molecule has 0 radical (unpaired) electrons. The van der Waals surface area contributed by atoms with Crippen LogP contribution < -0.4 is 5.32 Å². The first kappa shape index (κ1) is 23.0. The number of thiophene rings is 1. The van der Waals surface area contributed by atoms with Gasteiger partial charge >= 0.3 is 5.97 Å². The van der Waals surface area contributed by atoms with Crippen molar-refractivity contribution < 1.29 is 19.1 Å². The van der Waals surface area contributed by atoms with Gasteiger partial charge in [0.15, 0.2) is 5.78 Å². The predicted octanol–water partition coefficient (Wildman–Crippen LogP) is 4.98. The van der Waals surface area contributed by atoms with Crippen LogP contribution in [0.4, 0.5) is 5.00 Å². The number of amides is 1. The Morgan fingerprint density at radius 1 is 1.14 bits per heavy atom. The van der Waals surface area contributed by atoms with Crippen LogP contribution >= 0.6 is 11.3 Å². The number of esters is 1. The summed E-state index contributed by atoms with van der Waals surface area (Å²) in [5, 5.41) is 3.81. The second-order valence-corrected chi connectivity index (χ2v) is 9.87. The standard InChI is InChI=1S/C26H26N4O4S/c1-13-21(26(33)34-3)18(27-23(13)14(2)31)12-20(32)30-25-22(15-8-4-7-11-19(15)35-25)24-28-16-9-5-6-10-17(16)29-24/h5-6,9-10,27H,4,7-8,11-12H2,1-3H3,(H,28,29)(H,30,32). The van der Waals surface area contributed by atoms with E-state index in [1.165, 1.54) is 24.5 Å². The van der Waals surface area contributed by atoms with Gasteiger partial charge in [0.25, 0.3) is 0 Å². The molecule has 0 aliphatic heterocycles. The summed E-state index contributed by atoms with van der Waals surface area (Å²) < 4.78 is 4.90. The normalized spacial score (nSPS) is 13.0. The Bertz CT molecular complexity index is 1440. The molecule has 35 heavy (non-hydrogen) atoms. The third-order valence-electron chi connectivity index (χ3n) is 6.46. The number of ether oxygens (including phenoxy) is 1. The van der Waals surface area contributed by atoms with Crippen molar-refractivity contribution >= 4 is 45.0 Å². The molecular formula is C26H26N4O4S. The van der Waals surface area contributed by atoms with Crippen LogP contribution in [0.2, 0.25) is 0 Å². The van der Waals surface area contributed by atoms with Crippen molar-refractivity contribution in [1.29, 1.82) is 0 Å². The third kappa shape index (κ3) is 4.16. The first-order chi connectivity index (χ1) is 16.9. The van der Waals surface area contributed by atoms with E-state index in [0.717, 1.165) is 53.1 Å². The van der Waals surface area contributed by atoms with Crippen molar-refractivity contribution in [2.45, 2.75) is 46.0 Å². The van der Waals surface area contributed by atoms with Crippen molar-refractivity contribution in [3.05, 3.63) is 57.2 Å².